The van der Waals surface area contributed by atoms with Gasteiger partial charge in [-0.25, -0.2) is 0 Å². The number of nitrogens with zero attached hydrogens (tertiary/aromatic N) is 1. The molecule has 3 nitrogen and oxygen atoms in total. The van der Waals surface area contributed by atoms with Gasteiger partial charge in [-0.15, -0.1) is 0 Å². The average Bonchev–Trinajstić information content (AvgIpc) is 2.52. The highest BCUT2D eigenvalue weighted by Gasteiger charge is 2.16. The van der Waals surface area contributed by atoms with E-state index in [1.165, 1.54) is 25.7 Å². The van der Waals surface area contributed by atoms with Gasteiger partial charge in [-0.2, -0.15) is 0 Å². The third-order valence-corrected chi connectivity index (χ3v) is 3.53. The number of aromatic nitrogens is 1. The maximum absolute atomic E-state index is 5.98. The van der Waals surface area contributed by atoms with Crippen LogP contribution in [0.15, 0.2) is 16.9 Å². The Bertz CT molecular complexity index is 329. The molecule has 0 unspecified atom stereocenters. The van der Waals surface area contributed by atoms with Crippen molar-refractivity contribution in [3.05, 3.63) is 16.9 Å². The molecule has 2 N–H and O–H groups in total. The van der Waals surface area contributed by atoms with Crippen molar-refractivity contribution in [1.29, 1.82) is 0 Å². The van der Waals surface area contributed by atoms with Gasteiger partial charge in [0.05, 0.1) is 22.5 Å². The van der Waals surface area contributed by atoms with E-state index in [1.807, 2.05) is 0 Å². The fourth-order valence-corrected chi connectivity index (χ4v) is 2.53. The minimum Gasteiger partial charge on any atom is -0.487 e. The molecule has 1 aliphatic rings. The fraction of sp³-hybridized carbons (Fsp3) is 0.583. The van der Waals surface area contributed by atoms with Crippen molar-refractivity contribution >= 4 is 21.6 Å². The predicted molar refractivity (Wildman–Crippen MR) is 68.5 cm³/mol. The molecule has 0 saturated heterocycles. The lowest BCUT2D eigenvalue weighted by Crippen LogP contribution is -2.16. The van der Waals surface area contributed by atoms with Crippen molar-refractivity contribution in [2.75, 3.05) is 5.73 Å². The summed E-state index contributed by atoms with van der Waals surface area (Å²) in [5, 5.41) is 0. The lowest BCUT2D eigenvalue weighted by atomic mass is 10.1. The van der Waals surface area contributed by atoms with Gasteiger partial charge in [0.1, 0.15) is 0 Å². The van der Waals surface area contributed by atoms with Crippen LogP contribution in [0.2, 0.25) is 0 Å². The Morgan fingerprint density at radius 3 is 2.50 bits per heavy atom. The Labute approximate surface area is 105 Å². The second-order valence-corrected chi connectivity index (χ2v) is 5.13. The Balaban J connectivity index is 2.07. The van der Waals surface area contributed by atoms with E-state index in [9.17, 15) is 0 Å². The van der Waals surface area contributed by atoms with Gasteiger partial charge in [-0.3, -0.25) is 4.98 Å². The van der Waals surface area contributed by atoms with Crippen molar-refractivity contribution < 1.29 is 4.74 Å². The van der Waals surface area contributed by atoms with Crippen LogP contribution in [0.1, 0.15) is 38.5 Å². The molecule has 16 heavy (non-hydrogen) atoms. The highest BCUT2D eigenvalue weighted by atomic mass is 79.9. The second-order valence-electron chi connectivity index (χ2n) is 4.27. The minimum atomic E-state index is 0.309. The molecule has 1 heterocycles. The zero-order valence-corrected chi connectivity index (χ0v) is 10.9. The normalized spacial score (nSPS) is 18.1. The lowest BCUT2D eigenvalue weighted by molar-refractivity contribution is 0.183. The standard InChI is InChI=1S/C12H17BrN2O/c13-10-7-15-8-11(14)12(10)16-9-5-3-1-2-4-6-9/h7-9H,1-6,14H2. The third kappa shape index (κ3) is 2.88. The van der Waals surface area contributed by atoms with Gasteiger partial charge in [0.2, 0.25) is 0 Å². The van der Waals surface area contributed by atoms with Gasteiger partial charge in [-0.05, 0) is 41.6 Å². The molecule has 0 bridgehead atoms. The Hall–Kier alpha value is -0.770. The predicted octanol–water partition coefficient (Wildman–Crippen LogP) is 3.53. The molecule has 1 aliphatic carbocycles. The summed E-state index contributed by atoms with van der Waals surface area (Å²) in [4.78, 5) is 4.00. The van der Waals surface area contributed by atoms with E-state index in [0.717, 1.165) is 23.1 Å². The van der Waals surface area contributed by atoms with E-state index in [1.54, 1.807) is 12.4 Å². The second kappa shape index (κ2) is 5.53. The first-order valence-corrected chi connectivity index (χ1v) is 6.62. The number of nitrogen functional groups attached to an aromatic ring is 1. The van der Waals surface area contributed by atoms with Gasteiger partial charge in [0.25, 0.3) is 0 Å². The van der Waals surface area contributed by atoms with Crippen molar-refractivity contribution in [1.82, 2.24) is 4.98 Å². The first-order valence-electron chi connectivity index (χ1n) is 5.83. The minimum absolute atomic E-state index is 0.309. The molecule has 1 aromatic heterocycles. The molecule has 1 fully saturated rings. The molecule has 0 radical (unpaired) electrons. The van der Waals surface area contributed by atoms with Crippen LogP contribution in [0.3, 0.4) is 0 Å². The molecule has 2 rings (SSSR count). The Morgan fingerprint density at radius 2 is 1.88 bits per heavy atom. The summed E-state index contributed by atoms with van der Waals surface area (Å²) in [6.45, 7) is 0. The van der Waals surface area contributed by atoms with Gasteiger partial charge in [-0.1, -0.05) is 12.8 Å². The van der Waals surface area contributed by atoms with Gasteiger partial charge >= 0.3 is 0 Å². The summed E-state index contributed by atoms with van der Waals surface area (Å²) in [7, 11) is 0. The molecule has 0 aromatic carbocycles. The van der Waals surface area contributed by atoms with Crippen LogP contribution >= 0.6 is 15.9 Å². The molecule has 0 spiro atoms. The molecular weight excluding hydrogens is 268 g/mol. The van der Waals surface area contributed by atoms with E-state index in [0.29, 0.717) is 11.8 Å². The largest absolute Gasteiger partial charge is 0.487 e. The molecular formula is C12H17BrN2O. The number of halogens is 1. The number of hydrogen-bond donors (Lipinski definition) is 1. The molecule has 0 amide bonds. The number of nitrogens with two attached hydrogens (primary N) is 1. The first kappa shape index (κ1) is 11.7. The van der Waals surface area contributed by atoms with Gasteiger partial charge in [0.15, 0.2) is 5.75 Å². The topological polar surface area (TPSA) is 48.1 Å². The summed E-state index contributed by atoms with van der Waals surface area (Å²) in [5.74, 6) is 0.752. The maximum atomic E-state index is 5.98. The Morgan fingerprint density at radius 1 is 1.19 bits per heavy atom. The SMILES string of the molecule is Nc1cncc(Br)c1OC1CCCCCC1. The smallest absolute Gasteiger partial charge is 0.159 e. The Kier molecular flexibility index (Phi) is 4.04. The molecule has 1 saturated carbocycles. The van der Waals surface area contributed by atoms with Gasteiger partial charge in [0, 0.05) is 6.20 Å². The van der Waals surface area contributed by atoms with Crippen LogP contribution in [-0.4, -0.2) is 11.1 Å². The number of anilines is 1. The van der Waals surface area contributed by atoms with Crippen LogP contribution in [0, 0.1) is 0 Å². The quantitative estimate of drug-likeness (QED) is 0.846. The van der Waals surface area contributed by atoms with Crippen molar-refractivity contribution in [2.24, 2.45) is 0 Å². The van der Waals surface area contributed by atoms with Gasteiger partial charge < -0.3 is 10.5 Å². The van der Waals surface area contributed by atoms with Crippen LogP contribution < -0.4 is 10.5 Å². The lowest BCUT2D eigenvalue weighted by Gasteiger charge is -2.18. The highest BCUT2D eigenvalue weighted by molar-refractivity contribution is 9.10. The molecule has 4 heteroatoms. The van der Waals surface area contributed by atoms with E-state index in [2.05, 4.69) is 20.9 Å². The third-order valence-electron chi connectivity index (χ3n) is 2.97. The highest BCUT2D eigenvalue weighted by Crippen LogP contribution is 2.32. The monoisotopic (exact) mass is 284 g/mol. The van der Waals surface area contributed by atoms with Crippen molar-refractivity contribution in [2.45, 2.75) is 44.6 Å². The van der Waals surface area contributed by atoms with E-state index >= 15 is 0 Å². The van der Waals surface area contributed by atoms with E-state index < -0.39 is 0 Å². The van der Waals surface area contributed by atoms with Crippen LogP contribution in [0.5, 0.6) is 5.75 Å². The van der Waals surface area contributed by atoms with Crippen molar-refractivity contribution in [3.63, 3.8) is 0 Å². The number of ether oxygens (including phenoxy) is 1. The van der Waals surface area contributed by atoms with E-state index in [-0.39, 0.29) is 0 Å². The van der Waals surface area contributed by atoms with Crippen molar-refractivity contribution in [3.8, 4) is 5.75 Å². The first-order chi connectivity index (χ1) is 7.77. The molecule has 88 valence electrons. The molecule has 0 atom stereocenters. The number of hydrogen-bond acceptors (Lipinski definition) is 3. The zero-order valence-electron chi connectivity index (χ0n) is 9.29. The van der Waals surface area contributed by atoms with Crippen LogP contribution in [-0.2, 0) is 0 Å². The zero-order chi connectivity index (χ0) is 11.4. The summed E-state index contributed by atoms with van der Waals surface area (Å²) in [6, 6.07) is 0. The summed E-state index contributed by atoms with van der Waals surface area (Å²) in [5.41, 5.74) is 6.47. The van der Waals surface area contributed by atoms with Crippen LogP contribution in [0.25, 0.3) is 0 Å². The average molecular weight is 285 g/mol. The number of pyridine rings is 1. The fourth-order valence-electron chi connectivity index (χ4n) is 2.09. The summed E-state index contributed by atoms with van der Waals surface area (Å²) >= 11 is 3.43. The number of rotatable bonds is 2. The van der Waals surface area contributed by atoms with E-state index in [4.69, 9.17) is 10.5 Å². The molecule has 1 aromatic rings. The summed E-state index contributed by atoms with van der Waals surface area (Å²) in [6.07, 6.45) is 11.1. The summed E-state index contributed by atoms with van der Waals surface area (Å²) < 4.78 is 6.83. The maximum Gasteiger partial charge on any atom is 0.159 e. The van der Waals surface area contributed by atoms with Crippen LogP contribution in [0.4, 0.5) is 5.69 Å². The molecule has 0 aliphatic heterocycles.